The second-order valence-corrected chi connectivity index (χ2v) is 14.9. The molecule has 3 fully saturated rings. The maximum absolute atomic E-state index is 14.1. The van der Waals surface area contributed by atoms with Gasteiger partial charge in [-0.25, -0.2) is 9.59 Å². The van der Waals surface area contributed by atoms with Crippen LogP contribution in [0.5, 0.6) is 0 Å². The Morgan fingerprint density at radius 1 is 0.904 bits per heavy atom. The van der Waals surface area contributed by atoms with Crippen molar-refractivity contribution in [2.75, 3.05) is 6.61 Å². The van der Waals surface area contributed by atoms with Crippen molar-refractivity contribution in [1.29, 1.82) is 0 Å². The highest BCUT2D eigenvalue weighted by Crippen LogP contribution is 2.71. The van der Waals surface area contributed by atoms with Gasteiger partial charge in [-0.1, -0.05) is 13.8 Å². The van der Waals surface area contributed by atoms with Crippen LogP contribution in [-0.2, 0) is 47.6 Å². The van der Waals surface area contributed by atoms with Crippen LogP contribution in [0.1, 0.15) is 88.9 Å². The number of hydrogen-bond donors (Lipinski definition) is 1. The summed E-state index contributed by atoms with van der Waals surface area (Å²) in [6.45, 7) is 10.7. The number of ketones is 1. The predicted molar refractivity (Wildman–Crippen MR) is 176 cm³/mol. The van der Waals surface area contributed by atoms with E-state index in [1.54, 1.807) is 27.7 Å². The lowest BCUT2D eigenvalue weighted by Gasteiger charge is -2.66. The van der Waals surface area contributed by atoms with Crippen molar-refractivity contribution < 1.29 is 66.7 Å². The molecule has 0 amide bonds. The summed E-state index contributed by atoms with van der Waals surface area (Å²) in [5.41, 5.74) is -8.02. The van der Waals surface area contributed by atoms with Gasteiger partial charge in [-0.15, -0.1) is 0 Å². The van der Waals surface area contributed by atoms with E-state index >= 15 is 0 Å². The molecule has 2 aromatic rings. The third kappa shape index (κ3) is 6.48. The van der Waals surface area contributed by atoms with Crippen LogP contribution in [0, 0.1) is 23.2 Å². The number of nitrogens with zero attached hydrogens (tertiary/aromatic N) is 1. The highest BCUT2D eigenvalue weighted by molar-refractivity contribution is 5.90. The van der Waals surface area contributed by atoms with E-state index in [2.05, 4.69) is 4.98 Å². The molecule has 0 unspecified atom stereocenters. The number of furan rings is 1. The normalized spacial score (nSPS) is 33.0. The molecule has 2 saturated carbocycles. The van der Waals surface area contributed by atoms with Crippen molar-refractivity contribution in [3.63, 3.8) is 0 Å². The fourth-order valence-corrected chi connectivity index (χ4v) is 8.76. The van der Waals surface area contributed by atoms with Crippen molar-refractivity contribution in [2.24, 2.45) is 23.2 Å². The van der Waals surface area contributed by atoms with Crippen LogP contribution >= 0.6 is 0 Å². The number of carbonyl (C=O) groups is 6. The lowest BCUT2D eigenvalue weighted by Crippen LogP contribution is -2.85. The molecule has 2 aromatic heterocycles. The SMILES string of the molecule is CC(=O)C[C@H]1[C@@H]2[C@@H](OC(C)=O)[C@@]3(OC2(C)C)[C@](COC(=O)C(C)C)([C@H]1OC(=O)c1ccoc1)[C@@H](OC(=O)c1cccnc1)[C@@H](OC(C)=O)C[C@@]3(C)O. The van der Waals surface area contributed by atoms with E-state index < -0.39 is 107 Å². The number of hydrogen-bond acceptors (Lipinski definition) is 15. The Hall–Kier alpha value is -4.63. The Balaban J connectivity index is 1.92. The zero-order valence-electron chi connectivity index (χ0n) is 30.4. The van der Waals surface area contributed by atoms with Crippen molar-refractivity contribution in [1.82, 2.24) is 4.98 Å². The fraction of sp³-hybridized carbons (Fsp3) is 0.595. The quantitative estimate of drug-likeness (QED) is 0.260. The molecule has 2 aliphatic carbocycles. The Morgan fingerprint density at radius 3 is 2.12 bits per heavy atom. The molecule has 1 aliphatic heterocycles. The van der Waals surface area contributed by atoms with Crippen LogP contribution < -0.4 is 0 Å². The standard InChI is InChI=1S/C37H45NO14/c1-19(2)31(42)47-18-36-28(50-33(44)24-11-13-46-17-24)25(14-20(3)39)27-30(49-22(5)41)37(36,52-34(27,6)7)35(8,45)15-26(48-21(4)40)29(36)51-32(43)23-10-9-12-38-16-23/h9-13,16-17,19,25-30,45H,14-15,18H2,1-8H3/t25-,26-,27+,28-,29-,30+,35+,36+,37-/m0/s1. The van der Waals surface area contributed by atoms with Crippen molar-refractivity contribution in [3.05, 3.63) is 54.2 Å². The molecular formula is C37H45NO14. The van der Waals surface area contributed by atoms with E-state index in [0.717, 1.165) is 20.1 Å². The Morgan fingerprint density at radius 2 is 1.56 bits per heavy atom. The molecule has 9 atom stereocenters. The highest BCUT2D eigenvalue weighted by Gasteiger charge is 2.88. The summed E-state index contributed by atoms with van der Waals surface area (Å²) in [7, 11) is 0. The Bertz CT molecular complexity index is 1700. The summed E-state index contributed by atoms with van der Waals surface area (Å²) in [6.07, 6.45) is -1.92. The first-order chi connectivity index (χ1) is 24.3. The molecule has 15 nitrogen and oxygen atoms in total. The fourth-order valence-electron chi connectivity index (χ4n) is 8.76. The summed E-state index contributed by atoms with van der Waals surface area (Å²) in [5.74, 6) is -7.32. The van der Waals surface area contributed by atoms with Crippen LogP contribution in [0.4, 0.5) is 0 Å². The number of rotatable bonds is 11. The van der Waals surface area contributed by atoms with E-state index in [1.165, 1.54) is 50.7 Å². The minimum Gasteiger partial charge on any atom is -0.472 e. The third-order valence-corrected chi connectivity index (χ3v) is 10.4. The summed E-state index contributed by atoms with van der Waals surface area (Å²) in [6, 6.07) is 4.27. The van der Waals surface area contributed by atoms with Gasteiger partial charge in [-0.3, -0.25) is 19.4 Å². The molecule has 3 aliphatic rings. The maximum Gasteiger partial charge on any atom is 0.341 e. The topological polar surface area (TPSA) is 204 Å². The number of aromatic nitrogens is 1. The number of Topliss-reactive ketones (excluding diaryl/α,β-unsaturated/α-hetero) is 1. The molecule has 1 N–H and O–H groups in total. The van der Waals surface area contributed by atoms with E-state index in [1.807, 2.05) is 0 Å². The highest BCUT2D eigenvalue weighted by atomic mass is 16.6. The van der Waals surface area contributed by atoms with Crippen LogP contribution in [0.2, 0.25) is 0 Å². The van der Waals surface area contributed by atoms with Crippen LogP contribution in [0.3, 0.4) is 0 Å². The lowest BCUT2D eigenvalue weighted by molar-refractivity contribution is -0.359. The molecular weight excluding hydrogens is 682 g/mol. The minimum atomic E-state index is -2.25. The van der Waals surface area contributed by atoms with Gasteiger partial charge in [0.15, 0.2) is 11.7 Å². The number of ether oxygens (including phenoxy) is 6. The molecule has 282 valence electrons. The smallest absolute Gasteiger partial charge is 0.341 e. The number of pyridine rings is 1. The van der Waals surface area contributed by atoms with Crippen LogP contribution in [-0.4, -0.2) is 93.5 Å². The van der Waals surface area contributed by atoms with Crippen LogP contribution in [0.25, 0.3) is 0 Å². The molecule has 3 heterocycles. The maximum atomic E-state index is 14.1. The molecule has 0 radical (unpaired) electrons. The Labute approximate surface area is 300 Å². The zero-order chi connectivity index (χ0) is 38.4. The average molecular weight is 728 g/mol. The van der Waals surface area contributed by atoms with Crippen molar-refractivity contribution in [3.8, 4) is 0 Å². The second-order valence-electron chi connectivity index (χ2n) is 14.9. The van der Waals surface area contributed by atoms with Crippen LogP contribution in [0.15, 0.2) is 47.5 Å². The molecule has 52 heavy (non-hydrogen) atoms. The third-order valence-electron chi connectivity index (χ3n) is 10.4. The average Bonchev–Trinajstić information content (AvgIpc) is 3.65. The first kappa shape index (κ1) is 38.6. The summed E-state index contributed by atoms with van der Waals surface area (Å²) >= 11 is 0. The van der Waals surface area contributed by atoms with Crippen molar-refractivity contribution >= 4 is 35.6 Å². The molecule has 15 heteroatoms. The van der Waals surface area contributed by atoms with Gasteiger partial charge in [0.05, 0.1) is 34.5 Å². The second kappa shape index (κ2) is 14.1. The zero-order valence-corrected chi connectivity index (χ0v) is 30.4. The summed E-state index contributed by atoms with van der Waals surface area (Å²) < 4.78 is 42.7. The molecule has 1 spiro atoms. The molecule has 1 saturated heterocycles. The molecule has 2 bridgehead atoms. The van der Waals surface area contributed by atoms with Gasteiger partial charge in [-0.2, -0.15) is 0 Å². The van der Waals surface area contributed by atoms with E-state index in [0.29, 0.717) is 0 Å². The number of carbonyl (C=O) groups excluding carboxylic acids is 6. The summed E-state index contributed by atoms with van der Waals surface area (Å²) in [5, 5.41) is 12.8. The first-order valence-corrected chi connectivity index (χ1v) is 17.1. The largest absolute Gasteiger partial charge is 0.472 e. The molecule has 5 rings (SSSR count). The summed E-state index contributed by atoms with van der Waals surface area (Å²) in [4.78, 5) is 84.5. The van der Waals surface area contributed by atoms with Gasteiger partial charge in [-0.05, 0) is 45.9 Å². The number of aliphatic hydroxyl groups is 1. The van der Waals surface area contributed by atoms with Gasteiger partial charge in [0.1, 0.15) is 42.4 Å². The predicted octanol–water partition coefficient (Wildman–Crippen LogP) is 3.40. The van der Waals surface area contributed by atoms with E-state index in [-0.39, 0.29) is 23.3 Å². The number of fused-ring (bicyclic) bond motifs is 1. The van der Waals surface area contributed by atoms with Gasteiger partial charge in [0.25, 0.3) is 0 Å². The molecule has 0 aromatic carbocycles. The van der Waals surface area contributed by atoms with Gasteiger partial charge in [0.2, 0.25) is 0 Å². The lowest BCUT2D eigenvalue weighted by atomic mass is 9.44. The van der Waals surface area contributed by atoms with E-state index in [9.17, 15) is 33.9 Å². The van der Waals surface area contributed by atoms with Gasteiger partial charge in [0, 0.05) is 50.9 Å². The monoisotopic (exact) mass is 727 g/mol. The van der Waals surface area contributed by atoms with Gasteiger partial charge < -0.3 is 42.7 Å². The minimum absolute atomic E-state index is 0.0186. The number of esters is 5. The first-order valence-electron chi connectivity index (χ1n) is 17.1. The van der Waals surface area contributed by atoms with Gasteiger partial charge >= 0.3 is 29.8 Å². The Kier molecular flexibility index (Phi) is 10.4. The van der Waals surface area contributed by atoms with Crippen molar-refractivity contribution in [2.45, 2.75) is 109 Å². The van der Waals surface area contributed by atoms with E-state index in [4.69, 9.17) is 32.8 Å².